The number of thioether (sulfide) groups is 1. The first-order chi connectivity index (χ1) is 19.3. The summed E-state index contributed by atoms with van der Waals surface area (Å²) in [7, 11) is 0. The van der Waals surface area contributed by atoms with Crippen LogP contribution in [0, 0.1) is 0 Å². The molecule has 1 N–H and O–H groups in total. The number of rotatable bonds is 11. The highest BCUT2D eigenvalue weighted by molar-refractivity contribution is 7.99. The Kier molecular flexibility index (Phi) is 11.9. The van der Waals surface area contributed by atoms with Crippen LogP contribution in [0.3, 0.4) is 0 Å². The van der Waals surface area contributed by atoms with E-state index in [9.17, 15) is 9.59 Å². The van der Waals surface area contributed by atoms with Crippen molar-refractivity contribution in [2.45, 2.75) is 62.9 Å². The van der Waals surface area contributed by atoms with E-state index in [1.54, 1.807) is 29.2 Å². The lowest BCUT2D eigenvalue weighted by atomic mass is 9.94. The Labute approximate surface area is 260 Å². The third-order valence-corrected chi connectivity index (χ3v) is 9.35. The van der Waals surface area contributed by atoms with Gasteiger partial charge in [-0.05, 0) is 53.8 Å². The van der Waals surface area contributed by atoms with Gasteiger partial charge in [0.25, 0.3) is 0 Å². The molecule has 1 atom stereocenters. The van der Waals surface area contributed by atoms with Gasteiger partial charge in [-0.3, -0.25) is 9.59 Å². The molecule has 1 saturated carbocycles. The number of benzene rings is 3. The standard InChI is InChI=1S/C31H32Cl4N2O2S/c32-24-13-12-23(27(34)17-24)19-40-20-30(38)37(18-22-11-14-26(33)28(35)15-22)29(16-21-7-3-1-4-8-21)31(39)36-25-9-5-2-6-10-25/h1,3-4,7-8,11-15,17,25,29H,2,5-6,9-10,16,18-20H2,(H,36,39). The summed E-state index contributed by atoms with van der Waals surface area (Å²) in [6.07, 6.45) is 5.72. The minimum absolute atomic E-state index is 0.128. The summed E-state index contributed by atoms with van der Waals surface area (Å²) in [4.78, 5) is 29.4. The summed E-state index contributed by atoms with van der Waals surface area (Å²) in [5.74, 6) is 0.457. The van der Waals surface area contributed by atoms with E-state index in [-0.39, 0.29) is 30.2 Å². The summed E-state index contributed by atoms with van der Waals surface area (Å²) in [5.41, 5.74) is 2.69. The number of nitrogens with one attached hydrogen (secondary N) is 1. The van der Waals surface area contributed by atoms with Gasteiger partial charge in [0.2, 0.25) is 11.8 Å². The third-order valence-electron chi connectivity index (χ3n) is 7.06. The molecule has 1 unspecified atom stereocenters. The predicted molar refractivity (Wildman–Crippen MR) is 169 cm³/mol. The van der Waals surface area contributed by atoms with Gasteiger partial charge in [0.1, 0.15) is 6.04 Å². The van der Waals surface area contributed by atoms with Crippen LogP contribution in [0.5, 0.6) is 0 Å². The van der Waals surface area contributed by atoms with Crippen LogP contribution in [-0.2, 0) is 28.3 Å². The van der Waals surface area contributed by atoms with Crippen molar-refractivity contribution >= 4 is 70.0 Å². The number of hydrogen-bond donors (Lipinski definition) is 1. The Bertz CT molecular complexity index is 1300. The zero-order valence-corrected chi connectivity index (χ0v) is 25.9. The molecule has 0 bridgehead atoms. The van der Waals surface area contributed by atoms with E-state index in [4.69, 9.17) is 46.4 Å². The smallest absolute Gasteiger partial charge is 0.243 e. The molecular weight excluding hydrogens is 606 g/mol. The molecule has 0 aromatic heterocycles. The minimum atomic E-state index is -0.689. The fourth-order valence-electron chi connectivity index (χ4n) is 4.90. The number of hydrogen-bond acceptors (Lipinski definition) is 3. The fourth-order valence-corrected chi connectivity index (χ4v) is 6.69. The lowest BCUT2D eigenvalue weighted by Gasteiger charge is -2.33. The van der Waals surface area contributed by atoms with Gasteiger partial charge in [0, 0.05) is 34.8 Å². The Morgan fingerprint density at radius 2 is 1.60 bits per heavy atom. The lowest BCUT2D eigenvalue weighted by Crippen LogP contribution is -2.53. The average molecular weight is 638 g/mol. The molecule has 9 heteroatoms. The number of nitrogens with zero attached hydrogens (tertiary/aromatic N) is 1. The van der Waals surface area contributed by atoms with Crippen LogP contribution in [0.25, 0.3) is 0 Å². The Morgan fingerprint density at radius 3 is 2.30 bits per heavy atom. The van der Waals surface area contributed by atoms with Gasteiger partial charge in [-0.15, -0.1) is 11.8 Å². The molecule has 40 heavy (non-hydrogen) atoms. The maximum atomic E-state index is 13.9. The van der Waals surface area contributed by atoms with Crippen LogP contribution in [0.2, 0.25) is 20.1 Å². The first kappa shape index (κ1) is 31.1. The van der Waals surface area contributed by atoms with Gasteiger partial charge in [0.15, 0.2) is 0 Å². The molecule has 1 aliphatic rings. The van der Waals surface area contributed by atoms with E-state index < -0.39 is 6.04 Å². The van der Waals surface area contributed by atoms with Crippen molar-refractivity contribution in [3.8, 4) is 0 Å². The van der Waals surface area contributed by atoms with Gasteiger partial charge in [-0.25, -0.2) is 0 Å². The highest BCUT2D eigenvalue weighted by Gasteiger charge is 2.32. The molecule has 0 saturated heterocycles. The quantitative estimate of drug-likeness (QED) is 0.229. The molecule has 4 nitrogen and oxygen atoms in total. The Balaban J connectivity index is 1.58. The molecule has 0 radical (unpaired) electrons. The van der Waals surface area contributed by atoms with Gasteiger partial charge in [-0.2, -0.15) is 0 Å². The molecule has 0 aliphatic heterocycles. The summed E-state index contributed by atoms with van der Waals surface area (Å²) < 4.78 is 0. The molecule has 0 spiro atoms. The second kappa shape index (κ2) is 15.4. The maximum Gasteiger partial charge on any atom is 0.243 e. The predicted octanol–water partition coefficient (Wildman–Crippen LogP) is 8.62. The van der Waals surface area contributed by atoms with E-state index in [1.165, 1.54) is 18.2 Å². The summed E-state index contributed by atoms with van der Waals surface area (Å²) in [5, 5.41) is 5.23. The van der Waals surface area contributed by atoms with Crippen molar-refractivity contribution in [1.82, 2.24) is 10.2 Å². The van der Waals surface area contributed by atoms with Crippen LogP contribution < -0.4 is 5.32 Å². The van der Waals surface area contributed by atoms with Crippen LogP contribution >= 0.6 is 58.2 Å². The molecular formula is C31H32Cl4N2O2S. The first-order valence-corrected chi connectivity index (χ1v) is 16.1. The lowest BCUT2D eigenvalue weighted by molar-refractivity contribution is -0.139. The van der Waals surface area contributed by atoms with E-state index in [2.05, 4.69) is 5.32 Å². The summed E-state index contributed by atoms with van der Waals surface area (Å²) in [6.45, 7) is 0.230. The fraction of sp³-hybridized carbons (Fsp3) is 0.355. The van der Waals surface area contributed by atoms with E-state index >= 15 is 0 Å². The Morgan fingerprint density at radius 1 is 0.850 bits per heavy atom. The van der Waals surface area contributed by atoms with Crippen molar-refractivity contribution < 1.29 is 9.59 Å². The average Bonchev–Trinajstić information content (AvgIpc) is 2.94. The molecule has 212 valence electrons. The summed E-state index contributed by atoms with van der Waals surface area (Å²) >= 11 is 26.3. The SMILES string of the molecule is O=C(NC1CCCCC1)C(Cc1ccccc1)N(Cc1ccc(Cl)c(Cl)c1)C(=O)CSCc1ccc(Cl)cc1Cl. The molecule has 3 aromatic carbocycles. The highest BCUT2D eigenvalue weighted by atomic mass is 35.5. The van der Waals surface area contributed by atoms with Crippen LogP contribution in [0.1, 0.15) is 48.8 Å². The molecule has 2 amide bonds. The Hall–Kier alpha value is -1.89. The second-order valence-corrected chi connectivity index (χ2v) is 12.7. The normalized spacial score (nSPS) is 14.5. The van der Waals surface area contributed by atoms with Crippen molar-refractivity contribution in [2.75, 3.05) is 5.75 Å². The minimum Gasteiger partial charge on any atom is -0.352 e. The van der Waals surface area contributed by atoms with Gasteiger partial charge >= 0.3 is 0 Å². The number of carbonyl (C=O) groups excluding carboxylic acids is 2. The van der Waals surface area contributed by atoms with Gasteiger partial charge < -0.3 is 10.2 Å². The van der Waals surface area contributed by atoms with E-state index in [0.29, 0.717) is 32.3 Å². The molecule has 1 fully saturated rings. The first-order valence-electron chi connectivity index (χ1n) is 13.4. The van der Waals surface area contributed by atoms with Crippen LogP contribution in [-0.4, -0.2) is 34.6 Å². The number of amides is 2. The largest absolute Gasteiger partial charge is 0.352 e. The van der Waals surface area contributed by atoms with Crippen molar-refractivity contribution in [3.05, 3.63) is 104 Å². The number of carbonyl (C=O) groups is 2. The molecule has 0 heterocycles. The van der Waals surface area contributed by atoms with Crippen LogP contribution in [0.15, 0.2) is 66.7 Å². The van der Waals surface area contributed by atoms with E-state index in [0.717, 1.165) is 42.4 Å². The van der Waals surface area contributed by atoms with Crippen molar-refractivity contribution in [2.24, 2.45) is 0 Å². The van der Waals surface area contributed by atoms with E-state index in [1.807, 2.05) is 42.5 Å². The van der Waals surface area contributed by atoms with Gasteiger partial charge in [-0.1, -0.05) is 108 Å². The third kappa shape index (κ3) is 9.06. The molecule has 3 aromatic rings. The van der Waals surface area contributed by atoms with Crippen LogP contribution in [0.4, 0.5) is 0 Å². The maximum absolute atomic E-state index is 13.9. The second-order valence-electron chi connectivity index (χ2n) is 10.0. The summed E-state index contributed by atoms with van der Waals surface area (Å²) in [6, 6.07) is 19.9. The van der Waals surface area contributed by atoms with Gasteiger partial charge in [0.05, 0.1) is 15.8 Å². The van der Waals surface area contributed by atoms with Crippen molar-refractivity contribution in [1.29, 1.82) is 0 Å². The molecule has 1 aliphatic carbocycles. The highest BCUT2D eigenvalue weighted by Crippen LogP contribution is 2.27. The number of halogens is 4. The zero-order chi connectivity index (χ0) is 28.5. The monoisotopic (exact) mass is 636 g/mol. The zero-order valence-electron chi connectivity index (χ0n) is 22.1. The topological polar surface area (TPSA) is 49.4 Å². The van der Waals surface area contributed by atoms with Crippen molar-refractivity contribution in [3.63, 3.8) is 0 Å². The molecule has 4 rings (SSSR count).